The van der Waals surface area contributed by atoms with Gasteiger partial charge in [-0.1, -0.05) is 12.1 Å². The van der Waals surface area contributed by atoms with Gasteiger partial charge in [0.1, 0.15) is 12.0 Å². The van der Waals surface area contributed by atoms with Crippen molar-refractivity contribution in [2.24, 2.45) is 12.5 Å². The van der Waals surface area contributed by atoms with Gasteiger partial charge in [-0.25, -0.2) is 4.79 Å². The van der Waals surface area contributed by atoms with Gasteiger partial charge in [0.2, 0.25) is 5.91 Å². The molecular weight excluding hydrogens is 338 g/mol. The van der Waals surface area contributed by atoms with Gasteiger partial charge in [-0.05, 0) is 25.0 Å². The summed E-state index contributed by atoms with van der Waals surface area (Å²) in [5.41, 5.74) is 0.0831. The molecule has 1 N–H and O–H groups in total. The SMILES string of the molecule is COCC1(C(=O)O)CCCN(C(=O)Cn2c(=O)n(C)c3ccccc32)C1. The minimum Gasteiger partial charge on any atom is -0.481 e. The van der Waals surface area contributed by atoms with Crippen molar-refractivity contribution in [1.29, 1.82) is 0 Å². The number of carboxylic acid groups (broad SMARTS) is 1. The molecule has 0 saturated carbocycles. The van der Waals surface area contributed by atoms with Crippen LogP contribution in [0, 0.1) is 5.41 Å². The van der Waals surface area contributed by atoms with E-state index < -0.39 is 11.4 Å². The quantitative estimate of drug-likeness (QED) is 0.845. The highest BCUT2D eigenvalue weighted by Gasteiger charge is 2.43. The number of aromatic nitrogens is 2. The molecule has 1 amide bonds. The molecule has 0 radical (unpaired) electrons. The molecule has 1 fully saturated rings. The molecule has 1 aromatic heterocycles. The summed E-state index contributed by atoms with van der Waals surface area (Å²) in [5, 5.41) is 9.62. The Hall–Kier alpha value is -2.61. The number of aliphatic carboxylic acids is 1. The Morgan fingerprint density at radius 2 is 1.96 bits per heavy atom. The Bertz CT molecular complexity index is 896. The second-order valence-corrected chi connectivity index (χ2v) is 6.85. The maximum absolute atomic E-state index is 12.8. The van der Waals surface area contributed by atoms with Crippen molar-refractivity contribution >= 4 is 22.9 Å². The third kappa shape index (κ3) is 3.01. The summed E-state index contributed by atoms with van der Waals surface area (Å²) >= 11 is 0. The monoisotopic (exact) mass is 361 g/mol. The van der Waals surface area contributed by atoms with Crippen LogP contribution in [0.1, 0.15) is 12.8 Å². The number of nitrogens with zero attached hydrogens (tertiary/aromatic N) is 3. The number of piperidine rings is 1. The topological polar surface area (TPSA) is 93.8 Å². The van der Waals surface area contributed by atoms with E-state index in [1.165, 1.54) is 21.1 Å². The number of rotatable bonds is 5. The minimum atomic E-state index is -1.09. The number of hydrogen-bond acceptors (Lipinski definition) is 4. The number of benzene rings is 1. The summed E-state index contributed by atoms with van der Waals surface area (Å²) in [6, 6.07) is 7.28. The molecule has 2 heterocycles. The molecule has 0 aliphatic carbocycles. The number of carbonyl (C=O) groups excluding carboxylic acids is 1. The van der Waals surface area contributed by atoms with E-state index in [-0.39, 0.29) is 31.3 Å². The van der Waals surface area contributed by atoms with Crippen LogP contribution in [0.15, 0.2) is 29.1 Å². The van der Waals surface area contributed by atoms with E-state index in [1.807, 2.05) is 18.2 Å². The zero-order valence-electron chi connectivity index (χ0n) is 15.0. The number of aryl methyl sites for hydroxylation is 1. The van der Waals surface area contributed by atoms with E-state index in [2.05, 4.69) is 0 Å². The lowest BCUT2D eigenvalue weighted by Gasteiger charge is -2.39. The van der Waals surface area contributed by atoms with Crippen LogP contribution in [-0.2, 0) is 27.9 Å². The van der Waals surface area contributed by atoms with Crippen LogP contribution in [-0.4, -0.2) is 57.8 Å². The van der Waals surface area contributed by atoms with Crippen LogP contribution < -0.4 is 5.69 Å². The average Bonchev–Trinajstić information content (AvgIpc) is 2.87. The summed E-state index contributed by atoms with van der Waals surface area (Å²) in [6.45, 7) is 0.523. The molecule has 3 rings (SSSR count). The summed E-state index contributed by atoms with van der Waals surface area (Å²) in [6.07, 6.45) is 1.06. The number of imidazole rings is 1. The first-order valence-electron chi connectivity index (χ1n) is 8.54. The first-order chi connectivity index (χ1) is 12.4. The fourth-order valence-electron chi connectivity index (χ4n) is 3.73. The molecule has 1 atom stereocenters. The van der Waals surface area contributed by atoms with Gasteiger partial charge >= 0.3 is 11.7 Å². The number of para-hydroxylation sites is 2. The van der Waals surface area contributed by atoms with Crippen LogP contribution >= 0.6 is 0 Å². The zero-order valence-corrected chi connectivity index (χ0v) is 15.0. The summed E-state index contributed by atoms with van der Waals surface area (Å²) in [5.74, 6) is -1.22. The molecular formula is C18H23N3O5. The van der Waals surface area contributed by atoms with Crippen LogP contribution in [0.4, 0.5) is 0 Å². The molecule has 1 saturated heterocycles. The van der Waals surface area contributed by atoms with Gasteiger partial charge in [0.25, 0.3) is 0 Å². The van der Waals surface area contributed by atoms with Crippen LogP contribution in [0.2, 0.25) is 0 Å². The molecule has 26 heavy (non-hydrogen) atoms. The third-order valence-corrected chi connectivity index (χ3v) is 5.15. The van der Waals surface area contributed by atoms with E-state index in [0.717, 1.165) is 5.52 Å². The molecule has 1 aromatic carbocycles. The van der Waals surface area contributed by atoms with Crippen molar-refractivity contribution in [3.8, 4) is 0 Å². The molecule has 1 aliphatic heterocycles. The van der Waals surface area contributed by atoms with E-state index in [0.29, 0.717) is 24.9 Å². The van der Waals surface area contributed by atoms with E-state index in [4.69, 9.17) is 4.74 Å². The van der Waals surface area contributed by atoms with Gasteiger partial charge in [0.15, 0.2) is 0 Å². The fourth-order valence-corrected chi connectivity index (χ4v) is 3.73. The van der Waals surface area contributed by atoms with Gasteiger partial charge in [0, 0.05) is 27.2 Å². The molecule has 8 nitrogen and oxygen atoms in total. The van der Waals surface area contributed by atoms with Gasteiger partial charge in [-0.2, -0.15) is 0 Å². The number of methoxy groups -OCH3 is 1. The largest absolute Gasteiger partial charge is 0.481 e. The molecule has 0 bridgehead atoms. The Morgan fingerprint density at radius 1 is 1.27 bits per heavy atom. The minimum absolute atomic E-state index is 0.0559. The number of ether oxygens (including phenoxy) is 1. The number of carboxylic acids is 1. The summed E-state index contributed by atoms with van der Waals surface area (Å²) in [7, 11) is 3.13. The van der Waals surface area contributed by atoms with Gasteiger partial charge in [-0.15, -0.1) is 0 Å². The Morgan fingerprint density at radius 3 is 2.62 bits per heavy atom. The number of carbonyl (C=O) groups is 2. The fraction of sp³-hybridized carbons (Fsp3) is 0.500. The van der Waals surface area contributed by atoms with Crippen molar-refractivity contribution < 1.29 is 19.4 Å². The second-order valence-electron chi connectivity index (χ2n) is 6.85. The highest BCUT2D eigenvalue weighted by molar-refractivity contribution is 5.82. The van der Waals surface area contributed by atoms with Gasteiger partial charge in [-0.3, -0.25) is 18.7 Å². The Kier molecular flexibility index (Phi) is 4.86. The average molecular weight is 361 g/mol. The molecule has 0 spiro atoms. The Balaban J connectivity index is 1.86. The smallest absolute Gasteiger partial charge is 0.329 e. The Labute approximate surface area is 150 Å². The number of likely N-dealkylation sites (tertiary alicyclic amines) is 1. The van der Waals surface area contributed by atoms with Crippen molar-refractivity contribution in [3.63, 3.8) is 0 Å². The summed E-state index contributed by atoms with van der Waals surface area (Å²) in [4.78, 5) is 38.6. The van der Waals surface area contributed by atoms with Gasteiger partial charge in [0.05, 0.1) is 17.6 Å². The third-order valence-electron chi connectivity index (χ3n) is 5.15. The zero-order chi connectivity index (χ0) is 18.9. The predicted molar refractivity (Wildman–Crippen MR) is 94.9 cm³/mol. The van der Waals surface area contributed by atoms with E-state index >= 15 is 0 Å². The first kappa shape index (κ1) is 18.2. The number of fused-ring (bicyclic) bond motifs is 1. The van der Waals surface area contributed by atoms with Crippen molar-refractivity contribution in [2.45, 2.75) is 19.4 Å². The first-order valence-corrected chi connectivity index (χ1v) is 8.54. The van der Waals surface area contributed by atoms with Crippen LogP contribution in [0.3, 0.4) is 0 Å². The number of hydrogen-bond donors (Lipinski definition) is 1. The second kappa shape index (κ2) is 6.95. The number of amides is 1. The highest BCUT2D eigenvalue weighted by Crippen LogP contribution is 2.31. The molecule has 2 aromatic rings. The highest BCUT2D eigenvalue weighted by atomic mass is 16.5. The molecule has 1 aliphatic rings. The molecule has 140 valence electrons. The molecule has 1 unspecified atom stereocenters. The van der Waals surface area contributed by atoms with Crippen molar-refractivity contribution in [1.82, 2.24) is 14.0 Å². The standard InChI is InChI=1S/C18H23N3O5/c1-19-13-6-3-4-7-14(13)21(17(19)25)10-15(22)20-9-5-8-18(11-20,12-26-2)16(23)24/h3-4,6-7H,5,8-12H2,1-2H3,(H,23,24). The lowest BCUT2D eigenvalue weighted by atomic mass is 9.80. The van der Waals surface area contributed by atoms with E-state index in [1.54, 1.807) is 13.1 Å². The van der Waals surface area contributed by atoms with Crippen molar-refractivity contribution in [2.75, 3.05) is 26.8 Å². The lowest BCUT2D eigenvalue weighted by Crippen LogP contribution is -2.53. The maximum Gasteiger partial charge on any atom is 0.329 e. The van der Waals surface area contributed by atoms with E-state index in [9.17, 15) is 19.5 Å². The lowest BCUT2D eigenvalue weighted by molar-refractivity contribution is -0.159. The predicted octanol–water partition coefficient (Wildman–Crippen LogP) is 0.680. The summed E-state index contributed by atoms with van der Waals surface area (Å²) < 4.78 is 8.04. The van der Waals surface area contributed by atoms with Gasteiger partial charge < -0.3 is 14.7 Å². The van der Waals surface area contributed by atoms with Crippen LogP contribution in [0.5, 0.6) is 0 Å². The molecule has 8 heteroatoms. The normalized spacial score (nSPS) is 20.5. The maximum atomic E-state index is 12.8. The van der Waals surface area contributed by atoms with Crippen LogP contribution in [0.25, 0.3) is 11.0 Å². The van der Waals surface area contributed by atoms with Crippen molar-refractivity contribution in [3.05, 3.63) is 34.7 Å².